The fourth-order valence-corrected chi connectivity index (χ4v) is 2.03. The van der Waals surface area contributed by atoms with Crippen molar-refractivity contribution in [3.63, 3.8) is 0 Å². The van der Waals surface area contributed by atoms with E-state index >= 15 is 0 Å². The van der Waals surface area contributed by atoms with Gasteiger partial charge in [0.25, 0.3) is 0 Å². The van der Waals surface area contributed by atoms with Crippen molar-refractivity contribution in [1.29, 1.82) is 0 Å². The number of nitrogens with one attached hydrogen (secondary N) is 1. The second-order valence-electron chi connectivity index (χ2n) is 4.09. The van der Waals surface area contributed by atoms with Gasteiger partial charge in [-0.1, -0.05) is 35.3 Å². The second-order valence-corrected chi connectivity index (χ2v) is 4.90. The van der Waals surface area contributed by atoms with Gasteiger partial charge in [-0.2, -0.15) is 0 Å². The first-order chi connectivity index (χ1) is 8.56. The van der Waals surface area contributed by atoms with Crippen LogP contribution < -0.4 is 5.32 Å². The molecule has 0 bridgehead atoms. The van der Waals surface area contributed by atoms with Crippen LogP contribution >= 0.6 is 23.2 Å². The van der Waals surface area contributed by atoms with Gasteiger partial charge in [0.05, 0.1) is 15.7 Å². The van der Waals surface area contributed by atoms with Gasteiger partial charge in [0.1, 0.15) is 5.82 Å². The third-order valence-electron chi connectivity index (χ3n) is 2.59. The first-order valence-corrected chi connectivity index (χ1v) is 6.26. The van der Waals surface area contributed by atoms with E-state index < -0.39 is 5.82 Å². The van der Waals surface area contributed by atoms with Crippen LogP contribution in [0.1, 0.15) is 11.1 Å². The van der Waals surface area contributed by atoms with Crippen molar-refractivity contribution >= 4 is 28.9 Å². The maximum absolute atomic E-state index is 13.3. The molecule has 18 heavy (non-hydrogen) atoms. The lowest BCUT2D eigenvalue weighted by atomic mass is 10.2. The van der Waals surface area contributed by atoms with Gasteiger partial charge < -0.3 is 5.32 Å². The molecule has 0 saturated heterocycles. The van der Waals surface area contributed by atoms with Gasteiger partial charge in [-0.25, -0.2) is 4.39 Å². The molecule has 0 amide bonds. The summed E-state index contributed by atoms with van der Waals surface area (Å²) in [6.07, 6.45) is 0. The number of hydrogen-bond donors (Lipinski definition) is 1. The van der Waals surface area contributed by atoms with Gasteiger partial charge in [-0.15, -0.1) is 0 Å². The highest BCUT2D eigenvalue weighted by Gasteiger charge is 2.03. The summed E-state index contributed by atoms with van der Waals surface area (Å²) in [5.74, 6) is -0.411. The number of hydrogen-bond acceptors (Lipinski definition) is 1. The van der Waals surface area contributed by atoms with Crippen molar-refractivity contribution in [2.45, 2.75) is 13.5 Å². The molecule has 94 valence electrons. The maximum atomic E-state index is 13.3. The Morgan fingerprint density at radius 1 is 1.06 bits per heavy atom. The molecule has 1 N–H and O–H groups in total. The summed E-state index contributed by atoms with van der Waals surface area (Å²) in [6, 6.07) is 10.5. The Labute approximate surface area is 116 Å². The van der Waals surface area contributed by atoms with E-state index in [9.17, 15) is 4.39 Å². The van der Waals surface area contributed by atoms with Crippen molar-refractivity contribution in [3.05, 3.63) is 63.4 Å². The SMILES string of the molecule is Cc1ccc(NCc2ccc(Cl)c(F)c2)c(Cl)c1. The van der Waals surface area contributed by atoms with Crippen LogP contribution in [-0.2, 0) is 6.54 Å². The van der Waals surface area contributed by atoms with Crippen LogP contribution in [0.4, 0.5) is 10.1 Å². The van der Waals surface area contributed by atoms with E-state index in [0.717, 1.165) is 16.8 Å². The predicted molar refractivity (Wildman–Crippen MR) is 74.9 cm³/mol. The van der Waals surface area contributed by atoms with E-state index in [0.29, 0.717) is 11.6 Å². The predicted octanol–water partition coefficient (Wildman–Crippen LogP) is 5.05. The molecular weight excluding hydrogens is 272 g/mol. The van der Waals surface area contributed by atoms with Gasteiger partial charge >= 0.3 is 0 Å². The van der Waals surface area contributed by atoms with Gasteiger partial charge in [0.2, 0.25) is 0 Å². The molecule has 0 atom stereocenters. The molecule has 0 saturated carbocycles. The van der Waals surface area contributed by atoms with Crippen LogP contribution in [0.5, 0.6) is 0 Å². The molecule has 0 fully saturated rings. The smallest absolute Gasteiger partial charge is 0.142 e. The maximum Gasteiger partial charge on any atom is 0.142 e. The van der Waals surface area contributed by atoms with Gasteiger partial charge in [-0.3, -0.25) is 0 Å². The number of aryl methyl sites for hydroxylation is 1. The van der Waals surface area contributed by atoms with E-state index in [1.54, 1.807) is 12.1 Å². The number of benzene rings is 2. The Kier molecular flexibility index (Phi) is 4.10. The molecule has 0 aliphatic carbocycles. The molecular formula is C14H12Cl2FN. The lowest BCUT2D eigenvalue weighted by Gasteiger charge is -2.09. The molecule has 2 aromatic rings. The van der Waals surface area contributed by atoms with Crippen LogP contribution in [0.2, 0.25) is 10.0 Å². The summed E-state index contributed by atoms with van der Waals surface area (Å²) in [5.41, 5.74) is 2.74. The molecule has 0 unspecified atom stereocenters. The first-order valence-electron chi connectivity index (χ1n) is 5.50. The normalized spacial score (nSPS) is 10.4. The lowest BCUT2D eigenvalue weighted by Crippen LogP contribution is -2.00. The zero-order chi connectivity index (χ0) is 13.1. The number of halogens is 3. The van der Waals surface area contributed by atoms with Crippen LogP contribution in [-0.4, -0.2) is 0 Å². The summed E-state index contributed by atoms with van der Waals surface area (Å²) in [5, 5.41) is 3.95. The van der Waals surface area contributed by atoms with Gasteiger partial charge in [0, 0.05) is 6.54 Å². The van der Waals surface area contributed by atoms with Gasteiger partial charge in [0.15, 0.2) is 0 Å². The van der Waals surface area contributed by atoms with Crippen molar-refractivity contribution in [1.82, 2.24) is 0 Å². The van der Waals surface area contributed by atoms with Crippen LogP contribution in [0.15, 0.2) is 36.4 Å². The highest BCUT2D eigenvalue weighted by Crippen LogP contribution is 2.23. The van der Waals surface area contributed by atoms with Crippen molar-refractivity contribution in [2.75, 3.05) is 5.32 Å². The van der Waals surface area contributed by atoms with E-state index in [1.165, 1.54) is 6.07 Å². The van der Waals surface area contributed by atoms with Crippen molar-refractivity contribution in [3.8, 4) is 0 Å². The van der Waals surface area contributed by atoms with Crippen molar-refractivity contribution < 1.29 is 4.39 Å². The molecule has 0 aliphatic heterocycles. The quantitative estimate of drug-likeness (QED) is 0.831. The van der Waals surface area contributed by atoms with E-state index in [2.05, 4.69) is 5.32 Å². The topological polar surface area (TPSA) is 12.0 Å². The molecule has 2 rings (SSSR count). The number of rotatable bonds is 3. The minimum atomic E-state index is -0.411. The van der Waals surface area contributed by atoms with E-state index in [4.69, 9.17) is 23.2 Å². The Hall–Kier alpha value is -1.25. The van der Waals surface area contributed by atoms with Crippen LogP contribution in [0, 0.1) is 12.7 Å². The zero-order valence-electron chi connectivity index (χ0n) is 9.81. The molecule has 0 aromatic heterocycles. The second kappa shape index (κ2) is 5.59. The van der Waals surface area contributed by atoms with Gasteiger partial charge in [-0.05, 0) is 42.3 Å². The molecule has 0 radical (unpaired) electrons. The summed E-state index contributed by atoms with van der Waals surface area (Å²) >= 11 is 11.7. The molecule has 4 heteroatoms. The average Bonchev–Trinajstić information content (AvgIpc) is 2.32. The Balaban J connectivity index is 2.09. The molecule has 2 aromatic carbocycles. The Morgan fingerprint density at radius 2 is 1.83 bits per heavy atom. The largest absolute Gasteiger partial charge is 0.380 e. The van der Waals surface area contributed by atoms with Crippen LogP contribution in [0.3, 0.4) is 0 Å². The lowest BCUT2D eigenvalue weighted by molar-refractivity contribution is 0.626. The monoisotopic (exact) mass is 283 g/mol. The summed E-state index contributed by atoms with van der Waals surface area (Å²) in [4.78, 5) is 0. The molecule has 0 spiro atoms. The summed E-state index contributed by atoms with van der Waals surface area (Å²) in [7, 11) is 0. The zero-order valence-corrected chi connectivity index (χ0v) is 11.3. The first kappa shape index (κ1) is 13.2. The summed E-state index contributed by atoms with van der Waals surface area (Å²) in [6.45, 7) is 2.47. The minimum Gasteiger partial charge on any atom is -0.380 e. The van der Waals surface area contributed by atoms with Crippen LogP contribution in [0.25, 0.3) is 0 Å². The standard InChI is InChI=1S/C14H12Cl2FN/c1-9-2-5-14(12(16)6-9)18-8-10-3-4-11(15)13(17)7-10/h2-7,18H,8H2,1H3. The number of anilines is 1. The molecule has 0 heterocycles. The Bertz CT molecular complexity index is 570. The Morgan fingerprint density at radius 3 is 2.50 bits per heavy atom. The fraction of sp³-hybridized carbons (Fsp3) is 0.143. The molecule has 1 nitrogen and oxygen atoms in total. The average molecular weight is 284 g/mol. The molecule has 0 aliphatic rings. The third kappa shape index (κ3) is 3.15. The third-order valence-corrected chi connectivity index (χ3v) is 3.21. The highest BCUT2D eigenvalue weighted by molar-refractivity contribution is 6.33. The minimum absolute atomic E-state index is 0.132. The summed E-state index contributed by atoms with van der Waals surface area (Å²) < 4.78 is 13.3. The van der Waals surface area contributed by atoms with E-state index in [-0.39, 0.29) is 5.02 Å². The highest BCUT2D eigenvalue weighted by atomic mass is 35.5. The fourth-order valence-electron chi connectivity index (χ4n) is 1.61. The van der Waals surface area contributed by atoms with E-state index in [1.807, 2.05) is 25.1 Å². The van der Waals surface area contributed by atoms with Crippen molar-refractivity contribution in [2.24, 2.45) is 0 Å².